The Labute approximate surface area is 127 Å². The normalized spacial score (nSPS) is 17.6. The van der Waals surface area contributed by atoms with Crippen LogP contribution < -0.4 is 0 Å². The molecule has 0 radical (unpaired) electrons. The van der Waals surface area contributed by atoms with Crippen molar-refractivity contribution in [2.75, 3.05) is 26.2 Å². The van der Waals surface area contributed by atoms with Crippen molar-refractivity contribution in [1.82, 2.24) is 9.80 Å². The van der Waals surface area contributed by atoms with E-state index in [0.717, 1.165) is 38.3 Å². The second-order valence-corrected chi connectivity index (χ2v) is 6.21. The van der Waals surface area contributed by atoms with E-state index in [0.29, 0.717) is 10.5 Å². The number of hydrogen-bond donors (Lipinski definition) is 0. The van der Waals surface area contributed by atoms with Gasteiger partial charge in [-0.15, -0.1) is 0 Å². The lowest BCUT2D eigenvalue weighted by atomic mass is 10.1. The topological polar surface area (TPSA) is 49.6 Å². The maximum absolute atomic E-state index is 10.9. The molecule has 110 valence electrons. The minimum absolute atomic E-state index is 0.142. The zero-order valence-electron chi connectivity index (χ0n) is 11.9. The third-order valence-electron chi connectivity index (χ3n) is 3.79. The lowest BCUT2D eigenvalue weighted by Crippen LogP contribution is -2.48. The fourth-order valence-electron chi connectivity index (χ4n) is 2.51. The molecule has 1 heterocycles. The Balaban J connectivity index is 2.01. The largest absolute Gasteiger partial charge is 0.298 e. The number of hydrogen-bond acceptors (Lipinski definition) is 4. The highest BCUT2D eigenvalue weighted by atomic mass is 79.9. The standard InChI is InChI=1S/C14H20BrN3O2/c1-11(2)17-8-6-16(7-9-17)10-12-4-3-5-13(14(12)15)18(19)20/h3-5,11H,6-10H2,1-2H3. The zero-order valence-corrected chi connectivity index (χ0v) is 13.5. The summed E-state index contributed by atoms with van der Waals surface area (Å²) in [4.78, 5) is 15.4. The molecule has 0 spiro atoms. The van der Waals surface area contributed by atoms with Crippen LogP contribution >= 0.6 is 15.9 Å². The quantitative estimate of drug-likeness (QED) is 0.624. The lowest BCUT2D eigenvalue weighted by molar-refractivity contribution is -0.385. The Morgan fingerprint density at radius 3 is 2.50 bits per heavy atom. The van der Waals surface area contributed by atoms with E-state index in [2.05, 4.69) is 39.6 Å². The maximum atomic E-state index is 10.9. The second kappa shape index (κ2) is 6.65. The van der Waals surface area contributed by atoms with E-state index in [1.807, 2.05) is 6.07 Å². The summed E-state index contributed by atoms with van der Waals surface area (Å²) >= 11 is 3.36. The molecule has 0 N–H and O–H groups in total. The van der Waals surface area contributed by atoms with E-state index < -0.39 is 0 Å². The van der Waals surface area contributed by atoms with Gasteiger partial charge in [0.2, 0.25) is 0 Å². The molecular formula is C14H20BrN3O2. The van der Waals surface area contributed by atoms with E-state index in [1.54, 1.807) is 6.07 Å². The van der Waals surface area contributed by atoms with Gasteiger partial charge in [0.05, 0.1) is 9.40 Å². The van der Waals surface area contributed by atoms with E-state index >= 15 is 0 Å². The predicted octanol–water partition coefficient (Wildman–Crippen LogP) is 2.88. The minimum Gasteiger partial charge on any atom is -0.298 e. The van der Waals surface area contributed by atoms with Gasteiger partial charge >= 0.3 is 0 Å². The molecule has 0 amide bonds. The van der Waals surface area contributed by atoms with Crippen LogP contribution in [0.3, 0.4) is 0 Å². The van der Waals surface area contributed by atoms with Gasteiger partial charge < -0.3 is 0 Å². The van der Waals surface area contributed by atoms with Crippen LogP contribution in [0.5, 0.6) is 0 Å². The van der Waals surface area contributed by atoms with Crippen LogP contribution in [0.4, 0.5) is 5.69 Å². The summed E-state index contributed by atoms with van der Waals surface area (Å²) in [5.74, 6) is 0. The first-order valence-electron chi connectivity index (χ1n) is 6.87. The highest BCUT2D eigenvalue weighted by molar-refractivity contribution is 9.10. The number of nitrogens with zero attached hydrogens (tertiary/aromatic N) is 3. The Hall–Kier alpha value is -0.980. The Morgan fingerprint density at radius 1 is 1.30 bits per heavy atom. The molecule has 1 fully saturated rings. The molecule has 1 aliphatic heterocycles. The van der Waals surface area contributed by atoms with Crippen LogP contribution in [0, 0.1) is 10.1 Å². The molecule has 0 aromatic heterocycles. The highest BCUT2D eigenvalue weighted by Crippen LogP contribution is 2.29. The van der Waals surface area contributed by atoms with Crippen molar-refractivity contribution in [1.29, 1.82) is 0 Å². The van der Waals surface area contributed by atoms with E-state index in [-0.39, 0.29) is 10.6 Å². The fraction of sp³-hybridized carbons (Fsp3) is 0.571. The first-order valence-corrected chi connectivity index (χ1v) is 7.66. The second-order valence-electron chi connectivity index (χ2n) is 5.41. The van der Waals surface area contributed by atoms with Crippen LogP contribution in [-0.2, 0) is 6.54 Å². The molecule has 1 aliphatic rings. The third kappa shape index (κ3) is 3.56. The molecule has 2 rings (SSSR count). The van der Waals surface area contributed by atoms with Crippen molar-refractivity contribution in [3.05, 3.63) is 38.3 Å². The van der Waals surface area contributed by atoms with Crippen molar-refractivity contribution >= 4 is 21.6 Å². The molecule has 0 saturated carbocycles. The van der Waals surface area contributed by atoms with Crippen molar-refractivity contribution < 1.29 is 4.92 Å². The predicted molar refractivity (Wildman–Crippen MR) is 82.8 cm³/mol. The highest BCUT2D eigenvalue weighted by Gasteiger charge is 2.21. The molecule has 1 saturated heterocycles. The Kier molecular flexibility index (Phi) is 5.12. The Morgan fingerprint density at radius 2 is 1.95 bits per heavy atom. The maximum Gasteiger partial charge on any atom is 0.283 e. The molecule has 1 aromatic carbocycles. The van der Waals surface area contributed by atoms with Gasteiger partial charge in [0.15, 0.2) is 0 Å². The van der Waals surface area contributed by atoms with E-state index in [9.17, 15) is 10.1 Å². The van der Waals surface area contributed by atoms with E-state index in [1.165, 1.54) is 6.07 Å². The summed E-state index contributed by atoms with van der Waals surface area (Å²) in [6.07, 6.45) is 0. The molecule has 0 unspecified atom stereocenters. The number of nitro benzene ring substituents is 1. The first kappa shape index (κ1) is 15.4. The van der Waals surface area contributed by atoms with E-state index in [4.69, 9.17) is 0 Å². The van der Waals surface area contributed by atoms with Gasteiger partial charge in [-0.25, -0.2) is 0 Å². The molecule has 6 heteroatoms. The van der Waals surface area contributed by atoms with Gasteiger partial charge in [0.1, 0.15) is 0 Å². The molecule has 0 bridgehead atoms. The van der Waals surface area contributed by atoms with Crippen molar-refractivity contribution in [2.24, 2.45) is 0 Å². The number of benzene rings is 1. The Bertz CT molecular complexity index is 485. The molecule has 1 aromatic rings. The number of piperazine rings is 1. The summed E-state index contributed by atoms with van der Waals surface area (Å²) in [6, 6.07) is 5.82. The van der Waals surface area contributed by atoms with Crippen LogP contribution in [0.1, 0.15) is 19.4 Å². The summed E-state index contributed by atoms with van der Waals surface area (Å²) in [5, 5.41) is 10.9. The van der Waals surface area contributed by atoms with Crippen molar-refractivity contribution in [3.63, 3.8) is 0 Å². The lowest BCUT2D eigenvalue weighted by Gasteiger charge is -2.37. The average Bonchev–Trinajstić information content (AvgIpc) is 2.41. The zero-order chi connectivity index (χ0) is 14.7. The summed E-state index contributed by atoms with van der Waals surface area (Å²) in [6.45, 7) is 9.32. The summed E-state index contributed by atoms with van der Waals surface area (Å²) in [5.41, 5.74) is 1.13. The van der Waals surface area contributed by atoms with Crippen molar-refractivity contribution in [3.8, 4) is 0 Å². The molecule has 0 atom stereocenters. The van der Waals surface area contributed by atoms with Gasteiger partial charge in [0, 0.05) is 44.8 Å². The fourth-order valence-corrected chi connectivity index (χ4v) is 3.04. The molecule has 5 nitrogen and oxygen atoms in total. The molecule has 20 heavy (non-hydrogen) atoms. The van der Waals surface area contributed by atoms with Crippen molar-refractivity contribution in [2.45, 2.75) is 26.4 Å². The van der Waals surface area contributed by atoms with Gasteiger partial charge in [-0.1, -0.05) is 12.1 Å². The minimum atomic E-state index is -0.343. The number of rotatable bonds is 4. The van der Waals surface area contributed by atoms with Gasteiger partial charge in [-0.05, 0) is 35.3 Å². The molecule has 0 aliphatic carbocycles. The molecular weight excluding hydrogens is 322 g/mol. The van der Waals surface area contributed by atoms with Gasteiger partial charge in [-0.3, -0.25) is 19.9 Å². The van der Waals surface area contributed by atoms with Crippen LogP contribution in [-0.4, -0.2) is 46.9 Å². The summed E-state index contributed by atoms with van der Waals surface area (Å²) < 4.78 is 0.608. The SMILES string of the molecule is CC(C)N1CCN(Cc2cccc([N+](=O)[O-])c2Br)CC1. The van der Waals surface area contributed by atoms with Crippen LogP contribution in [0.15, 0.2) is 22.7 Å². The van der Waals surface area contributed by atoms with Crippen LogP contribution in [0.2, 0.25) is 0 Å². The van der Waals surface area contributed by atoms with Gasteiger partial charge in [-0.2, -0.15) is 0 Å². The summed E-state index contributed by atoms with van der Waals surface area (Å²) in [7, 11) is 0. The first-order chi connectivity index (χ1) is 9.49. The monoisotopic (exact) mass is 341 g/mol. The smallest absolute Gasteiger partial charge is 0.283 e. The third-order valence-corrected chi connectivity index (χ3v) is 4.70. The average molecular weight is 342 g/mol. The van der Waals surface area contributed by atoms with Gasteiger partial charge in [0.25, 0.3) is 5.69 Å². The number of nitro groups is 1. The van der Waals surface area contributed by atoms with Crippen LogP contribution in [0.25, 0.3) is 0 Å². The number of halogens is 1.